The molecule has 2 heterocycles. The number of carbonyl (C=O) groups is 2. The zero-order valence-corrected chi connectivity index (χ0v) is 16.9. The van der Waals surface area contributed by atoms with Gasteiger partial charge in [-0.05, 0) is 50.2 Å². The summed E-state index contributed by atoms with van der Waals surface area (Å²) in [6.07, 6.45) is 0. The Balaban J connectivity index is 1.59. The molecule has 1 aromatic heterocycles. The van der Waals surface area contributed by atoms with E-state index < -0.39 is 5.97 Å². The van der Waals surface area contributed by atoms with Crippen LogP contribution in [0.15, 0.2) is 75.9 Å². The molecular formula is C24H21NO5. The van der Waals surface area contributed by atoms with Gasteiger partial charge in [0.15, 0.2) is 11.5 Å². The summed E-state index contributed by atoms with van der Waals surface area (Å²) in [7, 11) is 0. The average molecular weight is 403 g/mol. The van der Waals surface area contributed by atoms with E-state index in [4.69, 9.17) is 13.9 Å². The molecule has 0 saturated carbocycles. The second-order valence-corrected chi connectivity index (χ2v) is 7.15. The topological polar surface area (TPSA) is 77.8 Å². The molecule has 1 aliphatic rings. The van der Waals surface area contributed by atoms with Gasteiger partial charge in [-0.3, -0.25) is 4.79 Å². The predicted molar refractivity (Wildman–Crippen MR) is 114 cm³/mol. The lowest BCUT2D eigenvalue weighted by molar-refractivity contribution is -0.114. The maximum Gasteiger partial charge on any atom is 0.343 e. The number of benzene rings is 2. The molecule has 4 rings (SSSR count). The predicted octanol–water partition coefficient (Wildman–Crippen LogP) is 5.28. The Morgan fingerprint density at radius 1 is 1.03 bits per heavy atom. The van der Waals surface area contributed by atoms with Gasteiger partial charge in [-0.2, -0.15) is 0 Å². The number of esters is 1. The van der Waals surface area contributed by atoms with E-state index in [2.05, 4.69) is 5.32 Å². The van der Waals surface area contributed by atoms with Crippen molar-refractivity contribution in [1.82, 2.24) is 0 Å². The Labute approximate surface area is 173 Å². The molecule has 6 heteroatoms. The SMILES string of the molecule is CC(=O)Nc1ccc(C(=O)OC2=C(C)COC(c3cc4ccccc4o3)=C2C)cc1. The molecule has 0 radical (unpaired) electrons. The quantitative estimate of drug-likeness (QED) is 0.600. The molecule has 0 atom stereocenters. The van der Waals surface area contributed by atoms with Crippen LogP contribution in [0.5, 0.6) is 0 Å². The van der Waals surface area contributed by atoms with Crippen molar-refractivity contribution in [2.75, 3.05) is 11.9 Å². The van der Waals surface area contributed by atoms with Crippen LogP contribution >= 0.6 is 0 Å². The van der Waals surface area contributed by atoms with Gasteiger partial charge in [-0.1, -0.05) is 18.2 Å². The second kappa shape index (κ2) is 7.91. The minimum absolute atomic E-state index is 0.174. The van der Waals surface area contributed by atoms with E-state index in [-0.39, 0.29) is 5.91 Å². The number of carbonyl (C=O) groups excluding carboxylic acids is 2. The molecule has 3 aromatic rings. The van der Waals surface area contributed by atoms with Gasteiger partial charge in [0.1, 0.15) is 17.9 Å². The molecule has 0 spiro atoms. The third kappa shape index (κ3) is 3.85. The summed E-state index contributed by atoms with van der Waals surface area (Å²) >= 11 is 0. The van der Waals surface area contributed by atoms with Crippen LogP contribution in [0.4, 0.5) is 5.69 Å². The van der Waals surface area contributed by atoms with Gasteiger partial charge in [0.25, 0.3) is 0 Å². The van der Waals surface area contributed by atoms with Gasteiger partial charge >= 0.3 is 5.97 Å². The van der Waals surface area contributed by atoms with Crippen LogP contribution < -0.4 is 5.32 Å². The number of nitrogens with one attached hydrogen (secondary N) is 1. The second-order valence-electron chi connectivity index (χ2n) is 7.15. The highest BCUT2D eigenvalue weighted by Crippen LogP contribution is 2.35. The minimum atomic E-state index is -0.482. The summed E-state index contributed by atoms with van der Waals surface area (Å²) < 4.78 is 17.5. The third-order valence-corrected chi connectivity index (χ3v) is 4.79. The number of ether oxygens (including phenoxy) is 2. The standard InChI is InChI=1S/C24H21NO5/c1-14-13-28-23(21-12-18-6-4-5-7-20(18)29-21)15(2)22(14)30-24(27)17-8-10-19(11-9-17)25-16(3)26/h4-12H,13H2,1-3H3,(H,25,26). The minimum Gasteiger partial charge on any atom is -0.485 e. The van der Waals surface area contributed by atoms with Crippen LogP contribution in [0, 0.1) is 0 Å². The Morgan fingerprint density at radius 2 is 1.77 bits per heavy atom. The van der Waals surface area contributed by atoms with Crippen LogP contribution in [-0.4, -0.2) is 18.5 Å². The Kier molecular flexibility index (Phi) is 5.14. The third-order valence-electron chi connectivity index (χ3n) is 4.79. The summed E-state index contributed by atoms with van der Waals surface area (Å²) in [5, 5.41) is 3.64. The molecule has 0 aliphatic carbocycles. The van der Waals surface area contributed by atoms with Crippen molar-refractivity contribution in [2.24, 2.45) is 0 Å². The van der Waals surface area contributed by atoms with Crippen LogP contribution in [0.25, 0.3) is 16.7 Å². The van der Waals surface area contributed by atoms with Crippen molar-refractivity contribution in [3.63, 3.8) is 0 Å². The first kappa shape index (κ1) is 19.5. The van der Waals surface area contributed by atoms with E-state index in [1.165, 1.54) is 6.92 Å². The Hall–Kier alpha value is -3.80. The zero-order chi connectivity index (χ0) is 21.3. The molecule has 1 amide bonds. The van der Waals surface area contributed by atoms with Crippen molar-refractivity contribution in [3.05, 3.63) is 82.8 Å². The molecule has 152 valence electrons. The van der Waals surface area contributed by atoms with E-state index in [0.29, 0.717) is 40.7 Å². The summed E-state index contributed by atoms with van der Waals surface area (Å²) in [5.41, 5.74) is 3.27. The number of amides is 1. The van der Waals surface area contributed by atoms with Gasteiger partial charge in [-0.15, -0.1) is 0 Å². The van der Waals surface area contributed by atoms with Crippen molar-refractivity contribution in [2.45, 2.75) is 20.8 Å². The normalized spacial score (nSPS) is 14.0. The fraction of sp³-hybridized carbons (Fsp3) is 0.167. The highest BCUT2D eigenvalue weighted by atomic mass is 16.5. The number of anilines is 1. The first-order valence-corrected chi connectivity index (χ1v) is 9.55. The first-order valence-electron chi connectivity index (χ1n) is 9.55. The fourth-order valence-corrected chi connectivity index (χ4v) is 3.34. The molecule has 1 aliphatic heterocycles. The van der Waals surface area contributed by atoms with Gasteiger partial charge in [0, 0.05) is 29.1 Å². The van der Waals surface area contributed by atoms with Crippen LogP contribution in [0.3, 0.4) is 0 Å². The van der Waals surface area contributed by atoms with E-state index in [0.717, 1.165) is 16.5 Å². The van der Waals surface area contributed by atoms with Crippen molar-refractivity contribution in [1.29, 1.82) is 0 Å². The molecule has 1 N–H and O–H groups in total. The largest absolute Gasteiger partial charge is 0.485 e. The van der Waals surface area contributed by atoms with Gasteiger partial charge < -0.3 is 19.2 Å². The molecule has 0 unspecified atom stereocenters. The molecule has 2 aromatic carbocycles. The lowest BCUT2D eigenvalue weighted by atomic mass is 10.1. The number of hydrogen-bond acceptors (Lipinski definition) is 5. The van der Waals surface area contributed by atoms with Crippen LogP contribution in [-0.2, 0) is 14.3 Å². The molecule has 0 bridgehead atoms. The average Bonchev–Trinajstić information content (AvgIpc) is 3.15. The van der Waals surface area contributed by atoms with Crippen molar-refractivity contribution < 1.29 is 23.5 Å². The summed E-state index contributed by atoms with van der Waals surface area (Å²) in [6.45, 7) is 5.43. The Bertz CT molecular complexity index is 1160. The smallest absolute Gasteiger partial charge is 0.343 e. The van der Waals surface area contributed by atoms with E-state index in [9.17, 15) is 9.59 Å². The highest BCUT2D eigenvalue weighted by molar-refractivity contribution is 5.93. The lowest BCUT2D eigenvalue weighted by Gasteiger charge is -2.22. The van der Waals surface area contributed by atoms with Gasteiger partial charge in [0.2, 0.25) is 5.91 Å². The first-order chi connectivity index (χ1) is 14.4. The van der Waals surface area contributed by atoms with Crippen LogP contribution in [0.2, 0.25) is 0 Å². The number of rotatable bonds is 4. The molecule has 6 nitrogen and oxygen atoms in total. The maximum atomic E-state index is 12.7. The molecule has 0 saturated heterocycles. The van der Waals surface area contributed by atoms with Gasteiger partial charge in [0.05, 0.1) is 5.56 Å². The lowest BCUT2D eigenvalue weighted by Crippen LogP contribution is -2.15. The van der Waals surface area contributed by atoms with E-state index >= 15 is 0 Å². The summed E-state index contributed by atoms with van der Waals surface area (Å²) in [4.78, 5) is 23.8. The number of fused-ring (bicyclic) bond motifs is 1. The number of hydrogen-bond donors (Lipinski definition) is 1. The molecular weight excluding hydrogens is 382 g/mol. The number of para-hydroxylation sites is 1. The monoisotopic (exact) mass is 403 g/mol. The molecule has 30 heavy (non-hydrogen) atoms. The molecule has 0 fully saturated rings. The summed E-state index contributed by atoms with van der Waals surface area (Å²) in [5.74, 6) is 0.971. The number of allylic oxidation sites excluding steroid dienone is 1. The van der Waals surface area contributed by atoms with Crippen molar-refractivity contribution >= 4 is 34.3 Å². The van der Waals surface area contributed by atoms with E-state index in [1.807, 2.05) is 44.2 Å². The Morgan fingerprint density at radius 3 is 2.47 bits per heavy atom. The van der Waals surface area contributed by atoms with Crippen molar-refractivity contribution in [3.8, 4) is 0 Å². The van der Waals surface area contributed by atoms with Crippen LogP contribution in [0.1, 0.15) is 36.9 Å². The fourth-order valence-electron chi connectivity index (χ4n) is 3.34. The highest BCUT2D eigenvalue weighted by Gasteiger charge is 2.25. The van der Waals surface area contributed by atoms with Gasteiger partial charge in [-0.25, -0.2) is 4.79 Å². The van der Waals surface area contributed by atoms with E-state index in [1.54, 1.807) is 24.3 Å². The maximum absolute atomic E-state index is 12.7. The number of furan rings is 1. The summed E-state index contributed by atoms with van der Waals surface area (Å²) in [6, 6.07) is 16.2. The zero-order valence-electron chi connectivity index (χ0n) is 16.9.